The van der Waals surface area contributed by atoms with Gasteiger partial charge in [0.25, 0.3) is 5.91 Å². The zero-order valence-electron chi connectivity index (χ0n) is 9.02. The molecule has 1 aromatic carbocycles. The van der Waals surface area contributed by atoms with Crippen molar-refractivity contribution < 1.29 is 18.7 Å². The highest BCUT2D eigenvalue weighted by Crippen LogP contribution is 2.32. The van der Waals surface area contributed by atoms with E-state index in [-0.39, 0.29) is 5.56 Å². The van der Waals surface area contributed by atoms with Crippen LogP contribution in [-0.2, 0) is 4.79 Å². The largest absolute Gasteiger partial charge is 0.381 e. The zero-order chi connectivity index (χ0) is 12.3. The third kappa shape index (κ3) is 2.36. The third-order valence-electron chi connectivity index (χ3n) is 2.15. The van der Waals surface area contributed by atoms with E-state index in [1.165, 1.54) is 38.4 Å². The summed E-state index contributed by atoms with van der Waals surface area (Å²) < 4.78 is 27.0. The number of carbonyl (C=O) groups excluding carboxylic acids is 1. The number of aliphatic hydroxyl groups is 1. The second-order valence-electron chi connectivity index (χ2n) is 3.64. The maximum atomic E-state index is 13.5. The lowest BCUT2D eigenvalue weighted by molar-refractivity contribution is -0.173. The van der Waals surface area contributed by atoms with Gasteiger partial charge < -0.3 is 10.0 Å². The second kappa shape index (κ2) is 4.57. The lowest BCUT2D eigenvalue weighted by Gasteiger charge is -2.24. The molecule has 3 nitrogen and oxygen atoms in total. The lowest BCUT2D eigenvalue weighted by Crippen LogP contribution is -2.43. The number of carbonyl (C=O) groups is 1. The van der Waals surface area contributed by atoms with E-state index >= 15 is 0 Å². The van der Waals surface area contributed by atoms with Crippen molar-refractivity contribution in [2.75, 3.05) is 14.1 Å². The van der Waals surface area contributed by atoms with Crippen LogP contribution >= 0.6 is 0 Å². The summed E-state index contributed by atoms with van der Waals surface area (Å²) in [7, 11) is 2.43. The summed E-state index contributed by atoms with van der Waals surface area (Å²) in [6, 6.07) is 7.38. The lowest BCUT2D eigenvalue weighted by atomic mass is 10.0. The normalized spacial score (nSPS) is 13.3. The van der Waals surface area contributed by atoms with E-state index in [0.717, 1.165) is 4.90 Å². The average Bonchev–Trinajstić information content (AvgIpc) is 2.28. The molecule has 1 aromatic rings. The fraction of sp³-hybridized carbons (Fsp3) is 0.364. The van der Waals surface area contributed by atoms with E-state index in [2.05, 4.69) is 0 Å². The maximum absolute atomic E-state index is 13.5. The Labute approximate surface area is 92.3 Å². The van der Waals surface area contributed by atoms with Crippen LogP contribution in [-0.4, -0.2) is 35.9 Å². The predicted octanol–water partition coefficient (Wildman–Crippen LogP) is 1.44. The highest BCUT2D eigenvalue weighted by molar-refractivity contribution is 5.83. The summed E-state index contributed by atoms with van der Waals surface area (Å²) in [5, 5.41) is 9.47. The van der Waals surface area contributed by atoms with Gasteiger partial charge in [-0.2, -0.15) is 8.78 Å². The van der Waals surface area contributed by atoms with Gasteiger partial charge in [-0.25, -0.2) is 0 Å². The Morgan fingerprint density at radius 3 is 2.25 bits per heavy atom. The smallest absolute Gasteiger partial charge is 0.353 e. The molecule has 0 bridgehead atoms. The average molecular weight is 229 g/mol. The molecule has 0 spiro atoms. The number of nitrogens with zero attached hydrogens (tertiary/aromatic N) is 1. The molecule has 0 heterocycles. The second-order valence-corrected chi connectivity index (χ2v) is 3.64. The number of hydrogen-bond donors (Lipinski definition) is 1. The molecule has 1 unspecified atom stereocenters. The van der Waals surface area contributed by atoms with Gasteiger partial charge in [0.15, 0.2) is 6.10 Å². The van der Waals surface area contributed by atoms with Crippen molar-refractivity contribution in [2.45, 2.75) is 12.0 Å². The number of halogens is 2. The van der Waals surface area contributed by atoms with Crippen LogP contribution in [0.2, 0.25) is 0 Å². The van der Waals surface area contributed by atoms with Crippen molar-refractivity contribution in [3.05, 3.63) is 35.9 Å². The molecule has 1 N–H and O–H groups in total. The van der Waals surface area contributed by atoms with Crippen LogP contribution in [0.3, 0.4) is 0 Å². The molecule has 0 radical (unpaired) electrons. The predicted molar refractivity (Wildman–Crippen MR) is 55.0 cm³/mol. The SMILES string of the molecule is CN(C)C(=O)C(F)(F)C(O)c1ccccc1. The molecule has 0 aliphatic rings. The first-order valence-corrected chi connectivity index (χ1v) is 4.70. The number of benzene rings is 1. The number of amides is 1. The Morgan fingerprint density at radius 1 is 1.31 bits per heavy atom. The zero-order valence-corrected chi connectivity index (χ0v) is 9.02. The molecule has 1 rings (SSSR count). The van der Waals surface area contributed by atoms with Gasteiger partial charge in [0, 0.05) is 14.1 Å². The van der Waals surface area contributed by atoms with Gasteiger partial charge in [-0.1, -0.05) is 30.3 Å². The molecule has 0 saturated carbocycles. The molecule has 1 atom stereocenters. The van der Waals surface area contributed by atoms with Crippen molar-refractivity contribution in [3.63, 3.8) is 0 Å². The summed E-state index contributed by atoms with van der Waals surface area (Å²) in [6.45, 7) is 0. The summed E-state index contributed by atoms with van der Waals surface area (Å²) in [4.78, 5) is 12.0. The minimum absolute atomic E-state index is 0.0164. The van der Waals surface area contributed by atoms with Crippen molar-refractivity contribution in [1.29, 1.82) is 0 Å². The quantitative estimate of drug-likeness (QED) is 0.852. The first kappa shape index (κ1) is 12.6. The molecule has 0 aliphatic heterocycles. The van der Waals surface area contributed by atoms with E-state index in [1.54, 1.807) is 6.07 Å². The van der Waals surface area contributed by atoms with Crippen LogP contribution in [0.15, 0.2) is 30.3 Å². The van der Waals surface area contributed by atoms with Gasteiger partial charge in [-0.15, -0.1) is 0 Å². The van der Waals surface area contributed by atoms with E-state index in [4.69, 9.17) is 0 Å². The highest BCUT2D eigenvalue weighted by atomic mass is 19.3. The third-order valence-corrected chi connectivity index (χ3v) is 2.15. The van der Waals surface area contributed by atoms with Crippen LogP contribution in [0, 0.1) is 0 Å². The molecule has 0 aliphatic carbocycles. The van der Waals surface area contributed by atoms with Crippen LogP contribution in [0.5, 0.6) is 0 Å². The van der Waals surface area contributed by atoms with Gasteiger partial charge >= 0.3 is 5.92 Å². The van der Waals surface area contributed by atoms with Crippen molar-refractivity contribution >= 4 is 5.91 Å². The number of rotatable bonds is 3. The van der Waals surface area contributed by atoms with E-state index < -0.39 is 17.9 Å². The van der Waals surface area contributed by atoms with Gasteiger partial charge in [0.1, 0.15) is 0 Å². The van der Waals surface area contributed by atoms with Crippen molar-refractivity contribution in [3.8, 4) is 0 Å². The van der Waals surface area contributed by atoms with Gasteiger partial charge in [0.2, 0.25) is 0 Å². The van der Waals surface area contributed by atoms with Crippen molar-refractivity contribution in [2.24, 2.45) is 0 Å². The first-order chi connectivity index (χ1) is 7.37. The van der Waals surface area contributed by atoms with Gasteiger partial charge in [0.05, 0.1) is 0 Å². The first-order valence-electron chi connectivity index (χ1n) is 4.70. The number of aliphatic hydroxyl groups excluding tert-OH is 1. The molecule has 16 heavy (non-hydrogen) atoms. The van der Waals surface area contributed by atoms with Crippen LogP contribution in [0.1, 0.15) is 11.7 Å². The molecule has 0 saturated heterocycles. The fourth-order valence-electron chi connectivity index (χ4n) is 1.26. The fourth-order valence-corrected chi connectivity index (χ4v) is 1.26. The Balaban J connectivity index is 2.97. The van der Waals surface area contributed by atoms with E-state index in [9.17, 15) is 18.7 Å². The standard InChI is InChI=1S/C11H13F2NO2/c1-14(2)10(16)11(12,13)9(15)8-6-4-3-5-7-8/h3-7,9,15H,1-2H3. The Hall–Kier alpha value is -1.49. The van der Waals surface area contributed by atoms with E-state index in [1.807, 2.05) is 0 Å². The van der Waals surface area contributed by atoms with Gasteiger partial charge in [-0.3, -0.25) is 4.79 Å². The minimum atomic E-state index is -3.81. The summed E-state index contributed by atoms with van der Waals surface area (Å²) in [5.41, 5.74) is 0.0164. The molecular weight excluding hydrogens is 216 g/mol. The Kier molecular flexibility index (Phi) is 3.59. The topological polar surface area (TPSA) is 40.5 Å². The Morgan fingerprint density at radius 2 is 1.81 bits per heavy atom. The Bertz CT molecular complexity index is 366. The molecule has 5 heteroatoms. The molecular formula is C11H13F2NO2. The van der Waals surface area contributed by atoms with Crippen molar-refractivity contribution in [1.82, 2.24) is 4.90 Å². The molecule has 1 amide bonds. The monoisotopic (exact) mass is 229 g/mol. The minimum Gasteiger partial charge on any atom is -0.381 e. The summed E-state index contributed by atoms with van der Waals surface area (Å²) in [5.74, 6) is -5.23. The number of alkyl halides is 2. The summed E-state index contributed by atoms with van der Waals surface area (Å²) in [6.07, 6.45) is -2.12. The van der Waals surface area contributed by atoms with E-state index in [0.29, 0.717) is 0 Å². The summed E-state index contributed by atoms with van der Waals surface area (Å²) >= 11 is 0. The van der Waals surface area contributed by atoms with Crippen LogP contribution in [0.4, 0.5) is 8.78 Å². The van der Waals surface area contributed by atoms with Crippen LogP contribution < -0.4 is 0 Å². The maximum Gasteiger partial charge on any atom is 0.353 e. The molecule has 0 fully saturated rings. The molecule has 88 valence electrons. The van der Waals surface area contributed by atoms with Crippen LogP contribution in [0.25, 0.3) is 0 Å². The number of hydrogen-bond acceptors (Lipinski definition) is 2. The highest BCUT2D eigenvalue weighted by Gasteiger charge is 2.48. The van der Waals surface area contributed by atoms with Gasteiger partial charge in [-0.05, 0) is 5.56 Å². The molecule has 0 aromatic heterocycles.